The first-order valence-corrected chi connectivity index (χ1v) is 11.2. The van der Waals surface area contributed by atoms with Gasteiger partial charge < -0.3 is 9.88 Å². The van der Waals surface area contributed by atoms with Gasteiger partial charge in [-0.25, -0.2) is 9.07 Å². The highest BCUT2D eigenvalue weighted by molar-refractivity contribution is 7.99. The summed E-state index contributed by atoms with van der Waals surface area (Å²) in [7, 11) is 0. The molecule has 1 amide bonds. The number of anilines is 1. The maximum absolute atomic E-state index is 13.3. The second kappa shape index (κ2) is 9.78. The van der Waals surface area contributed by atoms with E-state index in [9.17, 15) is 9.18 Å². The summed E-state index contributed by atoms with van der Waals surface area (Å²) in [5.74, 6) is 1.06. The largest absolute Gasteiger partial charge is 0.310 e. The molecule has 0 aliphatic carbocycles. The lowest BCUT2D eigenvalue weighted by molar-refractivity contribution is -0.113. The predicted octanol–water partition coefficient (Wildman–Crippen LogP) is 4.25. The molecule has 9 heteroatoms. The predicted molar refractivity (Wildman–Crippen MR) is 123 cm³/mol. The van der Waals surface area contributed by atoms with Crippen LogP contribution in [0.2, 0.25) is 0 Å². The van der Waals surface area contributed by atoms with E-state index in [1.54, 1.807) is 22.9 Å². The summed E-state index contributed by atoms with van der Waals surface area (Å²) in [5.41, 5.74) is 2.57. The van der Waals surface area contributed by atoms with Crippen LogP contribution in [-0.4, -0.2) is 36.2 Å². The molecular formula is C23H23FN6OS. The minimum Gasteiger partial charge on any atom is -0.310 e. The number of rotatable bonds is 8. The van der Waals surface area contributed by atoms with E-state index in [-0.39, 0.29) is 17.5 Å². The molecule has 1 N–H and O–H groups in total. The van der Waals surface area contributed by atoms with Crippen molar-refractivity contribution in [2.75, 3.05) is 11.1 Å². The summed E-state index contributed by atoms with van der Waals surface area (Å²) in [6.45, 7) is 4.59. The maximum atomic E-state index is 13.3. The van der Waals surface area contributed by atoms with Gasteiger partial charge in [0.05, 0.1) is 17.1 Å². The van der Waals surface area contributed by atoms with E-state index in [1.807, 2.05) is 36.6 Å². The molecular weight excluding hydrogens is 427 g/mol. The number of carbonyl (C=O) groups is 1. The van der Waals surface area contributed by atoms with Gasteiger partial charge in [-0.3, -0.25) is 4.79 Å². The standard InChI is InChI=1S/C23H23FN6OS/c1-3-29-21(14-17-7-5-4-6-8-17)26-27-23(29)32-15-22(31)25-20-13-16(2)28-30(20)19-11-9-18(24)10-12-19/h4-13H,3,14-15H2,1-2H3,(H,25,31). The fourth-order valence-electron chi connectivity index (χ4n) is 3.33. The van der Waals surface area contributed by atoms with Gasteiger partial charge >= 0.3 is 0 Å². The summed E-state index contributed by atoms with van der Waals surface area (Å²) in [6, 6.07) is 17.8. The lowest BCUT2D eigenvalue weighted by atomic mass is 10.1. The number of hydrogen-bond acceptors (Lipinski definition) is 5. The van der Waals surface area contributed by atoms with Gasteiger partial charge in [-0.1, -0.05) is 42.1 Å². The van der Waals surface area contributed by atoms with Gasteiger partial charge in [0.25, 0.3) is 0 Å². The third kappa shape index (κ3) is 5.05. The van der Waals surface area contributed by atoms with E-state index < -0.39 is 0 Å². The molecule has 0 radical (unpaired) electrons. The summed E-state index contributed by atoms with van der Waals surface area (Å²) in [6.07, 6.45) is 0.685. The molecule has 0 unspecified atom stereocenters. The molecule has 2 aromatic heterocycles. The van der Waals surface area contributed by atoms with Gasteiger partial charge in [-0.05, 0) is 43.7 Å². The van der Waals surface area contributed by atoms with E-state index in [0.29, 0.717) is 23.1 Å². The Kier molecular flexibility index (Phi) is 6.65. The second-order valence-electron chi connectivity index (χ2n) is 7.20. The van der Waals surface area contributed by atoms with Crippen molar-refractivity contribution in [1.29, 1.82) is 0 Å². The van der Waals surface area contributed by atoms with Gasteiger partial charge in [0.15, 0.2) is 5.16 Å². The van der Waals surface area contributed by atoms with Crippen molar-refractivity contribution < 1.29 is 9.18 Å². The van der Waals surface area contributed by atoms with E-state index >= 15 is 0 Å². The molecule has 4 aromatic rings. The SMILES string of the molecule is CCn1c(Cc2ccccc2)nnc1SCC(=O)Nc1cc(C)nn1-c1ccc(F)cc1. The van der Waals surface area contributed by atoms with Gasteiger partial charge in [0, 0.05) is 19.0 Å². The normalized spacial score (nSPS) is 11.0. The Morgan fingerprint density at radius 2 is 1.84 bits per heavy atom. The van der Waals surface area contributed by atoms with Crippen LogP contribution in [0, 0.1) is 12.7 Å². The Labute approximate surface area is 189 Å². The average Bonchev–Trinajstić information content (AvgIpc) is 3.35. The summed E-state index contributed by atoms with van der Waals surface area (Å²) >= 11 is 1.34. The van der Waals surface area contributed by atoms with Crippen LogP contribution in [0.3, 0.4) is 0 Å². The zero-order valence-corrected chi connectivity index (χ0v) is 18.6. The van der Waals surface area contributed by atoms with Crippen molar-refractivity contribution in [3.63, 3.8) is 0 Å². The molecule has 0 atom stereocenters. The molecule has 2 aromatic carbocycles. The van der Waals surface area contributed by atoms with Gasteiger partial charge in [0.1, 0.15) is 17.5 Å². The summed E-state index contributed by atoms with van der Waals surface area (Å²) < 4.78 is 16.9. The lowest BCUT2D eigenvalue weighted by Crippen LogP contribution is -2.17. The van der Waals surface area contributed by atoms with Crippen LogP contribution in [0.25, 0.3) is 5.69 Å². The van der Waals surface area contributed by atoms with E-state index in [2.05, 4.69) is 32.7 Å². The van der Waals surface area contributed by atoms with Crippen LogP contribution in [-0.2, 0) is 17.8 Å². The number of thioether (sulfide) groups is 1. The summed E-state index contributed by atoms with van der Waals surface area (Å²) in [5, 5.41) is 16.6. The highest BCUT2D eigenvalue weighted by Crippen LogP contribution is 2.21. The number of hydrogen-bond donors (Lipinski definition) is 1. The van der Waals surface area contributed by atoms with Crippen molar-refractivity contribution in [3.8, 4) is 5.69 Å². The van der Waals surface area contributed by atoms with E-state index in [1.165, 1.54) is 23.9 Å². The number of aryl methyl sites for hydroxylation is 1. The minimum atomic E-state index is -0.328. The Morgan fingerprint density at radius 3 is 2.56 bits per heavy atom. The van der Waals surface area contributed by atoms with Gasteiger partial charge in [0.2, 0.25) is 5.91 Å². The van der Waals surface area contributed by atoms with E-state index in [4.69, 9.17) is 0 Å². The number of nitrogens with one attached hydrogen (secondary N) is 1. The van der Waals surface area contributed by atoms with Crippen molar-refractivity contribution >= 4 is 23.5 Å². The first-order valence-electron chi connectivity index (χ1n) is 10.2. The molecule has 4 rings (SSSR count). The molecule has 0 aliphatic rings. The quantitative estimate of drug-likeness (QED) is 0.406. The molecule has 32 heavy (non-hydrogen) atoms. The third-order valence-corrected chi connectivity index (χ3v) is 5.78. The highest BCUT2D eigenvalue weighted by Gasteiger charge is 2.15. The van der Waals surface area contributed by atoms with Gasteiger partial charge in [-0.2, -0.15) is 5.10 Å². The third-order valence-electron chi connectivity index (χ3n) is 4.82. The van der Waals surface area contributed by atoms with Gasteiger partial charge in [-0.15, -0.1) is 10.2 Å². The number of halogens is 1. The van der Waals surface area contributed by atoms with Crippen LogP contribution in [0.15, 0.2) is 65.8 Å². The molecule has 2 heterocycles. The van der Waals surface area contributed by atoms with Crippen molar-refractivity contribution in [2.24, 2.45) is 0 Å². The zero-order valence-electron chi connectivity index (χ0n) is 17.8. The van der Waals surface area contributed by atoms with Crippen LogP contribution >= 0.6 is 11.8 Å². The number of aromatic nitrogens is 5. The first kappa shape index (κ1) is 21.8. The number of benzene rings is 2. The Bertz CT molecular complexity index is 1200. The van der Waals surface area contributed by atoms with Crippen LogP contribution in [0.1, 0.15) is 24.0 Å². The molecule has 0 saturated carbocycles. The number of nitrogens with zero attached hydrogens (tertiary/aromatic N) is 5. The molecule has 164 valence electrons. The number of carbonyl (C=O) groups excluding carboxylic acids is 1. The van der Waals surface area contributed by atoms with Crippen molar-refractivity contribution in [1.82, 2.24) is 24.5 Å². The smallest absolute Gasteiger partial charge is 0.236 e. The first-order chi connectivity index (χ1) is 15.5. The molecule has 0 aliphatic heterocycles. The zero-order chi connectivity index (χ0) is 22.5. The Balaban J connectivity index is 1.42. The lowest BCUT2D eigenvalue weighted by Gasteiger charge is -2.10. The van der Waals surface area contributed by atoms with E-state index in [0.717, 1.165) is 23.6 Å². The molecule has 0 saturated heterocycles. The number of amides is 1. The minimum absolute atomic E-state index is 0.178. The van der Waals surface area contributed by atoms with Crippen LogP contribution in [0.5, 0.6) is 0 Å². The van der Waals surface area contributed by atoms with Crippen LogP contribution in [0.4, 0.5) is 10.2 Å². The molecule has 0 spiro atoms. The Hall–Kier alpha value is -3.46. The fraction of sp³-hybridized carbons (Fsp3) is 0.217. The van der Waals surface area contributed by atoms with Crippen molar-refractivity contribution in [2.45, 2.75) is 32.0 Å². The van der Waals surface area contributed by atoms with Crippen molar-refractivity contribution in [3.05, 3.63) is 83.6 Å². The second-order valence-corrected chi connectivity index (χ2v) is 8.14. The summed E-state index contributed by atoms with van der Waals surface area (Å²) in [4.78, 5) is 12.6. The maximum Gasteiger partial charge on any atom is 0.236 e. The fourth-order valence-corrected chi connectivity index (χ4v) is 4.15. The highest BCUT2D eigenvalue weighted by atomic mass is 32.2. The topological polar surface area (TPSA) is 77.6 Å². The van der Waals surface area contributed by atoms with Crippen LogP contribution < -0.4 is 5.32 Å². The molecule has 7 nitrogen and oxygen atoms in total. The molecule has 0 bridgehead atoms. The molecule has 0 fully saturated rings. The monoisotopic (exact) mass is 450 g/mol. The Morgan fingerprint density at radius 1 is 1.09 bits per heavy atom. The average molecular weight is 451 g/mol.